The van der Waals surface area contributed by atoms with E-state index in [4.69, 9.17) is 23.2 Å². The van der Waals surface area contributed by atoms with Crippen LogP contribution in [0, 0.1) is 0 Å². The van der Waals surface area contributed by atoms with E-state index in [0.29, 0.717) is 11.1 Å². The molecule has 0 unspecified atom stereocenters. The lowest BCUT2D eigenvalue weighted by Gasteiger charge is -2.07. The minimum atomic E-state index is -4.46. The van der Waals surface area contributed by atoms with E-state index in [1.165, 1.54) is 12.1 Å². The molecule has 0 radical (unpaired) electrons. The molecular weight excluding hydrogens is 467 g/mol. The SMILES string of the molecule is O=S(=O)(N=C(Cl)c1ccccc1)c1ccccc1S(=O)(=O)N=C(Cl)c1ccccc1. The van der Waals surface area contributed by atoms with Gasteiger partial charge in [0.05, 0.1) is 0 Å². The first-order valence-electron chi connectivity index (χ1n) is 8.41. The largest absolute Gasteiger partial charge is 0.285 e. The standard InChI is InChI=1S/C20H14Cl2N2O4S2/c21-19(15-9-3-1-4-10-15)23-29(25,26)17-13-7-8-14-18(17)30(27,28)24-20(22)16-11-5-2-6-12-16/h1-14H. The van der Waals surface area contributed by atoms with E-state index in [1.807, 2.05) is 0 Å². The van der Waals surface area contributed by atoms with Gasteiger partial charge in [-0.2, -0.15) is 16.8 Å². The van der Waals surface area contributed by atoms with Crippen molar-refractivity contribution in [1.82, 2.24) is 0 Å². The summed E-state index contributed by atoms with van der Waals surface area (Å²) in [6.07, 6.45) is 0. The molecule has 0 atom stereocenters. The van der Waals surface area contributed by atoms with E-state index >= 15 is 0 Å². The zero-order valence-corrected chi connectivity index (χ0v) is 18.3. The molecule has 0 aromatic heterocycles. The van der Waals surface area contributed by atoms with Gasteiger partial charge in [-0.25, -0.2) is 0 Å². The molecule has 154 valence electrons. The van der Waals surface area contributed by atoms with Crippen LogP contribution in [-0.2, 0) is 20.0 Å². The summed E-state index contributed by atoms with van der Waals surface area (Å²) in [4.78, 5) is -1.11. The molecular formula is C20H14Cl2N2O4S2. The second-order valence-corrected chi connectivity index (χ2v) is 9.75. The van der Waals surface area contributed by atoms with Crippen molar-refractivity contribution < 1.29 is 16.8 Å². The van der Waals surface area contributed by atoms with Crippen LogP contribution in [0.5, 0.6) is 0 Å². The van der Waals surface area contributed by atoms with Crippen molar-refractivity contribution in [3.8, 4) is 0 Å². The normalized spacial score (nSPS) is 13.3. The third-order valence-electron chi connectivity index (χ3n) is 3.83. The molecule has 30 heavy (non-hydrogen) atoms. The van der Waals surface area contributed by atoms with E-state index in [2.05, 4.69) is 8.80 Å². The number of halogens is 2. The Balaban J connectivity index is 2.08. The fraction of sp³-hybridized carbons (Fsp3) is 0. The zero-order valence-electron chi connectivity index (χ0n) is 15.2. The second-order valence-electron chi connectivity index (χ2n) is 5.89. The molecule has 6 nitrogen and oxygen atoms in total. The van der Waals surface area contributed by atoms with Crippen molar-refractivity contribution >= 4 is 53.6 Å². The Morgan fingerprint density at radius 3 is 1.17 bits per heavy atom. The van der Waals surface area contributed by atoms with E-state index in [1.54, 1.807) is 60.7 Å². The first kappa shape index (κ1) is 22.2. The number of benzene rings is 3. The Morgan fingerprint density at radius 1 is 0.533 bits per heavy atom. The third-order valence-corrected chi connectivity index (χ3v) is 7.43. The van der Waals surface area contributed by atoms with Crippen molar-refractivity contribution in [3.63, 3.8) is 0 Å². The molecule has 3 aromatic rings. The first-order chi connectivity index (χ1) is 14.2. The quantitative estimate of drug-likeness (QED) is 0.487. The molecule has 0 aliphatic heterocycles. The molecule has 0 aliphatic rings. The third kappa shape index (κ3) is 5.14. The Labute approximate surface area is 184 Å². The molecule has 0 saturated heterocycles. The van der Waals surface area contributed by atoms with Crippen LogP contribution in [0.15, 0.2) is 104 Å². The lowest BCUT2D eigenvalue weighted by molar-refractivity contribution is 0.584. The van der Waals surface area contributed by atoms with Crippen molar-refractivity contribution in [2.45, 2.75) is 9.79 Å². The number of rotatable bonds is 6. The summed E-state index contributed by atoms with van der Waals surface area (Å²) in [5.41, 5.74) is 0.737. The van der Waals surface area contributed by atoms with Gasteiger partial charge in [-0.05, 0) is 12.1 Å². The number of hydrogen-bond acceptors (Lipinski definition) is 4. The van der Waals surface area contributed by atoms with Gasteiger partial charge >= 0.3 is 0 Å². The van der Waals surface area contributed by atoms with Crippen LogP contribution < -0.4 is 0 Å². The van der Waals surface area contributed by atoms with E-state index in [9.17, 15) is 16.8 Å². The molecule has 0 amide bonds. The predicted octanol–water partition coefficient (Wildman–Crippen LogP) is 4.44. The van der Waals surface area contributed by atoms with Crippen LogP contribution in [0.4, 0.5) is 0 Å². The van der Waals surface area contributed by atoms with E-state index in [-0.39, 0.29) is 10.3 Å². The summed E-state index contributed by atoms with van der Waals surface area (Å²) in [7, 11) is -8.91. The Hall–Kier alpha value is -2.52. The van der Waals surface area contributed by atoms with Crippen LogP contribution in [-0.4, -0.2) is 27.2 Å². The fourth-order valence-electron chi connectivity index (χ4n) is 2.44. The molecule has 0 aliphatic carbocycles. The Morgan fingerprint density at radius 2 is 0.833 bits per heavy atom. The topological polar surface area (TPSA) is 93.0 Å². The van der Waals surface area contributed by atoms with Gasteiger partial charge in [-0.3, -0.25) is 0 Å². The number of sulfonamides is 2. The minimum Gasteiger partial charge on any atom is -0.199 e. The van der Waals surface area contributed by atoms with Gasteiger partial charge in [0.2, 0.25) is 0 Å². The Bertz CT molecular complexity index is 1220. The van der Waals surface area contributed by atoms with E-state index in [0.717, 1.165) is 12.1 Å². The monoisotopic (exact) mass is 480 g/mol. The van der Waals surface area contributed by atoms with Crippen LogP contribution >= 0.6 is 23.2 Å². The summed E-state index contributed by atoms with van der Waals surface area (Å²) in [5, 5.41) is -0.595. The molecule has 0 N–H and O–H groups in total. The van der Waals surface area contributed by atoms with Gasteiger partial charge in [-0.15, -0.1) is 8.80 Å². The van der Waals surface area contributed by atoms with Crippen molar-refractivity contribution in [2.75, 3.05) is 0 Å². The summed E-state index contributed by atoms with van der Waals surface area (Å²) < 4.78 is 58.4. The highest BCUT2D eigenvalue weighted by molar-refractivity contribution is 7.93. The molecule has 0 spiro atoms. The highest BCUT2D eigenvalue weighted by Gasteiger charge is 2.27. The summed E-state index contributed by atoms with van der Waals surface area (Å²) in [5.74, 6) is 0. The van der Waals surface area contributed by atoms with Crippen LogP contribution in [0.25, 0.3) is 0 Å². The molecule has 3 rings (SSSR count). The molecule has 3 aromatic carbocycles. The maximum atomic E-state index is 12.8. The van der Waals surface area contributed by atoms with Crippen LogP contribution in [0.3, 0.4) is 0 Å². The van der Waals surface area contributed by atoms with Crippen molar-refractivity contribution in [2.24, 2.45) is 8.80 Å². The van der Waals surface area contributed by atoms with Crippen molar-refractivity contribution in [3.05, 3.63) is 96.1 Å². The van der Waals surface area contributed by atoms with Gasteiger partial charge in [0, 0.05) is 11.1 Å². The average molecular weight is 481 g/mol. The lowest BCUT2D eigenvalue weighted by Crippen LogP contribution is -2.09. The highest BCUT2D eigenvalue weighted by atomic mass is 35.5. The average Bonchev–Trinajstić information content (AvgIpc) is 2.74. The number of hydrogen-bond donors (Lipinski definition) is 0. The second kappa shape index (κ2) is 9.09. The van der Waals surface area contributed by atoms with E-state index < -0.39 is 29.8 Å². The van der Waals surface area contributed by atoms with Crippen molar-refractivity contribution in [1.29, 1.82) is 0 Å². The molecule has 0 heterocycles. The molecule has 0 saturated carbocycles. The van der Waals surface area contributed by atoms with Crippen LogP contribution in [0.2, 0.25) is 0 Å². The Kier molecular flexibility index (Phi) is 6.72. The summed E-state index contributed by atoms with van der Waals surface area (Å²) in [6.45, 7) is 0. The fourth-order valence-corrected chi connectivity index (χ4v) is 5.85. The summed E-state index contributed by atoms with van der Waals surface area (Å²) >= 11 is 12.1. The summed E-state index contributed by atoms with van der Waals surface area (Å²) in [6, 6.07) is 21.4. The van der Waals surface area contributed by atoms with Gasteiger partial charge in [0.1, 0.15) is 20.1 Å². The van der Waals surface area contributed by atoms with Gasteiger partial charge in [0.15, 0.2) is 0 Å². The van der Waals surface area contributed by atoms with Crippen LogP contribution in [0.1, 0.15) is 11.1 Å². The first-order valence-corrected chi connectivity index (χ1v) is 12.1. The number of nitrogens with zero attached hydrogens (tertiary/aromatic N) is 2. The highest BCUT2D eigenvalue weighted by Crippen LogP contribution is 2.26. The van der Waals surface area contributed by atoms with Gasteiger partial charge in [-0.1, -0.05) is 96.0 Å². The zero-order chi connectivity index (χ0) is 21.8. The molecule has 0 fully saturated rings. The predicted molar refractivity (Wildman–Crippen MR) is 118 cm³/mol. The maximum absolute atomic E-state index is 12.8. The van der Waals surface area contributed by atoms with Gasteiger partial charge < -0.3 is 0 Å². The maximum Gasteiger partial charge on any atom is 0.285 e. The smallest absolute Gasteiger partial charge is 0.199 e. The minimum absolute atomic E-state index is 0.298. The molecule has 10 heteroatoms. The molecule has 0 bridgehead atoms. The lowest BCUT2D eigenvalue weighted by atomic mass is 10.2. The van der Waals surface area contributed by atoms with Gasteiger partial charge in [0.25, 0.3) is 20.0 Å².